The van der Waals surface area contributed by atoms with Crippen molar-refractivity contribution in [3.8, 4) is 0 Å². The lowest BCUT2D eigenvalue weighted by atomic mass is 9.47. The molecular formula is C64H106O31. The molecule has 7 aliphatic heterocycles. The van der Waals surface area contributed by atoms with Crippen molar-refractivity contribution in [1.29, 1.82) is 0 Å². The van der Waals surface area contributed by atoms with Gasteiger partial charge in [-0.15, -0.1) is 0 Å². The maximum atomic E-state index is 12.5. The van der Waals surface area contributed by atoms with Gasteiger partial charge >= 0.3 is 0 Å². The molecule has 11 aliphatic rings. The summed E-state index contributed by atoms with van der Waals surface area (Å²) in [6.07, 6.45) is -39.4. The summed E-state index contributed by atoms with van der Waals surface area (Å²) in [6, 6.07) is 0. The highest BCUT2D eigenvalue weighted by Crippen LogP contribution is 2.70. The first-order chi connectivity index (χ1) is 44.9. The van der Waals surface area contributed by atoms with Crippen LogP contribution in [-0.2, 0) is 66.3 Å². The van der Waals surface area contributed by atoms with Gasteiger partial charge in [0, 0.05) is 19.4 Å². The quantitative estimate of drug-likeness (QED) is 0.0510. The first-order valence-corrected chi connectivity index (χ1v) is 34.1. The number of methoxy groups -OCH3 is 1. The summed E-state index contributed by atoms with van der Waals surface area (Å²) < 4.78 is 85.8. The fraction of sp³-hybridized carbons (Fsp3) is 0.969. The van der Waals surface area contributed by atoms with Crippen molar-refractivity contribution in [2.75, 3.05) is 33.5 Å². The highest BCUT2D eigenvalue weighted by Gasteiger charge is 2.69. The van der Waals surface area contributed by atoms with Crippen LogP contribution in [0, 0.1) is 46.3 Å². The Morgan fingerprint density at radius 3 is 1.62 bits per heavy atom. The van der Waals surface area contributed by atoms with Crippen LogP contribution >= 0.6 is 0 Å². The Bertz CT molecular complexity index is 2540. The minimum atomic E-state index is -2.01. The van der Waals surface area contributed by atoms with Gasteiger partial charge in [0.1, 0.15) is 128 Å². The number of aliphatic hydroxyl groups excluding tert-OH is 17. The fourth-order valence-corrected chi connectivity index (χ4v) is 18.2. The second-order valence-corrected chi connectivity index (χ2v) is 29.6. The number of rotatable bonds is 20. The van der Waals surface area contributed by atoms with Crippen molar-refractivity contribution >= 4 is 0 Å². The summed E-state index contributed by atoms with van der Waals surface area (Å²) in [5.41, 5.74) is 0.999. The van der Waals surface area contributed by atoms with Crippen LogP contribution in [0.2, 0.25) is 0 Å². The summed E-state index contributed by atoms with van der Waals surface area (Å²) in [4.78, 5) is 0. The molecule has 11 rings (SSSR count). The number of hydrogen-bond donors (Lipinski definition) is 17. The van der Waals surface area contributed by atoms with E-state index < -0.39 is 216 Å². The molecule has 0 bridgehead atoms. The monoisotopic (exact) mass is 1370 g/mol. The molecule has 10 fully saturated rings. The molecule has 0 spiro atoms. The summed E-state index contributed by atoms with van der Waals surface area (Å²) >= 11 is 0. The lowest BCUT2D eigenvalue weighted by Crippen LogP contribution is -2.67. The first-order valence-electron chi connectivity index (χ1n) is 34.1. The van der Waals surface area contributed by atoms with Crippen LogP contribution in [0.3, 0.4) is 0 Å². The highest BCUT2D eigenvalue weighted by atomic mass is 16.8. The molecule has 0 radical (unpaired) electrons. The summed E-state index contributed by atoms with van der Waals surface area (Å²) in [5, 5.41) is 184. The van der Waals surface area contributed by atoms with Crippen LogP contribution in [0.5, 0.6) is 0 Å². The van der Waals surface area contributed by atoms with Gasteiger partial charge in [0.25, 0.3) is 0 Å². The van der Waals surface area contributed by atoms with E-state index in [1.807, 2.05) is 6.92 Å². The summed E-state index contributed by atoms with van der Waals surface area (Å²) in [7, 11) is 1.70. The second-order valence-electron chi connectivity index (χ2n) is 29.6. The van der Waals surface area contributed by atoms with Crippen molar-refractivity contribution in [1.82, 2.24) is 0 Å². The second kappa shape index (κ2) is 29.7. The van der Waals surface area contributed by atoms with Gasteiger partial charge in [-0.1, -0.05) is 39.3 Å². The average Bonchev–Trinajstić information content (AvgIpc) is 1.56. The Kier molecular flexibility index (Phi) is 23.3. The number of aliphatic hydroxyl groups is 17. The summed E-state index contributed by atoms with van der Waals surface area (Å²) in [6.45, 7) is 11.3. The van der Waals surface area contributed by atoms with Crippen molar-refractivity contribution in [2.45, 2.75) is 308 Å². The number of ether oxygens (including phenoxy) is 14. The van der Waals surface area contributed by atoms with Crippen LogP contribution in [0.1, 0.15) is 106 Å². The molecule has 31 nitrogen and oxygen atoms in total. The molecule has 41 atom stereocenters. The Morgan fingerprint density at radius 1 is 0.505 bits per heavy atom. The molecular weight excluding hydrogens is 1260 g/mol. The molecule has 0 amide bonds. The van der Waals surface area contributed by atoms with Gasteiger partial charge in [-0.25, -0.2) is 0 Å². The van der Waals surface area contributed by atoms with Gasteiger partial charge in [0.15, 0.2) is 43.5 Å². The van der Waals surface area contributed by atoms with E-state index in [4.69, 9.17) is 66.3 Å². The zero-order valence-electron chi connectivity index (χ0n) is 55.0. The molecule has 548 valence electrons. The van der Waals surface area contributed by atoms with Crippen molar-refractivity contribution in [3.63, 3.8) is 0 Å². The molecule has 7 saturated heterocycles. The molecule has 17 N–H and O–H groups in total. The third-order valence-corrected chi connectivity index (χ3v) is 24.0. The van der Waals surface area contributed by atoms with Gasteiger partial charge in [-0.2, -0.15) is 0 Å². The number of allylic oxidation sites excluding steroid dienone is 1. The predicted octanol–water partition coefficient (Wildman–Crippen LogP) is -4.65. The normalized spacial score (nSPS) is 55.2. The lowest BCUT2D eigenvalue weighted by molar-refractivity contribution is -0.399. The van der Waals surface area contributed by atoms with Crippen molar-refractivity contribution in [2.24, 2.45) is 46.3 Å². The van der Waals surface area contributed by atoms with Crippen LogP contribution in [0.25, 0.3) is 0 Å². The molecule has 8 unspecified atom stereocenters. The van der Waals surface area contributed by atoms with E-state index in [0.717, 1.165) is 32.1 Å². The Balaban J connectivity index is 0.742. The molecule has 3 saturated carbocycles. The minimum absolute atomic E-state index is 0.0244. The van der Waals surface area contributed by atoms with Crippen LogP contribution < -0.4 is 0 Å². The van der Waals surface area contributed by atoms with E-state index in [9.17, 15) is 86.8 Å². The molecule has 95 heavy (non-hydrogen) atoms. The topological polar surface area (TPSA) is 473 Å². The SMILES string of the molecule is COC1(CC[C@@H](C)CO[C@@H]2O[C@H](CO)[C@@H](O)[C@H](O)[C@H]2O)OC2CC3C4CC=C5CC(O[C@@H]6O[C@H](CO)[C@@H](O[C@@H]7O[C@@H](C)[C@H](O[C@@H]8O[C@@H](C)[C@H](O)[C@@H](O)[C@H]8O[C@@H]8O[C@H](CO)[C@@H](O)[C@H](O)[C@H]8O)[C@@H](O)[C@H]7O)[C@H](O)[C@H]6O[C@@H]6O[C@@H](C)[C@H](O)[C@@H](O)[C@H]6O)CC[C@]5(C)C4CC[C@]3(C)C2C1C. The predicted molar refractivity (Wildman–Crippen MR) is 317 cm³/mol. The molecule has 0 aromatic heterocycles. The van der Waals surface area contributed by atoms with E-state index in [0.29, 0.717) is 43.4 Å². The molecule has 31 heteroatoms. The number of hydrogen-bond acceptors (Lipinski definition) is 31. The van der Waals surface area contributed by atoms with E-state index in [1.54, 1.807) is 7.11 Å². The van der Waals surface area contributed by atoms with Crippen LogP contribution in [0.4, 0.5) is 0 Å². The van der Waals surface area contributed by atoms with Gasteiger partial charge in [0.05, 0.1) is 56.9 Å². The van der Waals surface area contributed by atoms with Crippen molar-refractivity contribution < 1.29 is 153 Å². The van der Waals surface area contributed by atoms with Crippen LogP contribution in [-0.4, -0.2) is 323 Å². The maximum absolute atomic E-state index is 12.5. The zero-order chi connectivity index (χ0) is 68.8. The van der Waals surface area contributed by atoms with E-state index >= 15 is 0 Å². The van der Waals surface area contributed by atoms with Gasteiger partial charge in [-0.3, -0.25) is 0 Å². The smallest absolute Gasteiger partial charge is 0.187 e. The zero-order valence-corrected chi connectivity index (χ0v) is 55.0. The van der Waals surface area contributed by atoms with E-state index in [1.165, 1.54) is 26.3 Å². The number of fused-ring (bicyclic) bond motifs is 7. The van der Waals surface area contributed by atoms with E-state index in [2.05, 4.69) is 26.8 Å². The Labute approximate surface area is 551 Å². The largest absolute Gasteiger partial charge is 0.394 e. The maximum Gasteiger partial charge on any atom is 0.187 e. The summed E-state index contributed by atoms with van der Waals surface area (Å²) in [5.74, 6) is 0.530. The van der Waals surface area contributed by atoms with E-state index in [-0.39, 0.29) is 41.3 Å². The van der Waals surface area contributed by atoms with Gasteiger partial charge < -0.3 is 153 Å². The molecule has 7 heterocycles. The Hall–Kier alpha value is -1.50. The van der Waals surface area contributed by atoms with Crippen molar-refractivity contribution in [3.05, 3.63) is 11.6 Å². The minimum Gasteiger partial charge on any atom is -0.394 e. The first kappa shape index (κ1) is 74.7. The van der Waals surface area contributed by atoms with Gasteiger partial charge in [0.2, 0.25) is 0 Å². The van der Waals surface area contributed by atoms with Gasteiger partial charge in [-0.05, 0) is 113 Å². The standard InChI is InChI=1S/C64H106O31/c1-23(22-83-56-47(77)43(73)40(70)34(19-65)88-56)11-16-64(82-8)24(2)37-33(95-64)18-32-30-10-9-28-17-29(12-14-62(28,6)31(30)13-15-63(32,37)7)87-61-55(94-57-48(78)42(72)38(68)25(3)84-57)51(81)53(36(21-67)90-61)92-58-50(80)46(76)52(27(5)86-58)91-60-54(45(75)39(69)26(4)85-60)93-59-49(79)44(74)41(71)35(20-66)89-59/h9,23-27,29-61,65-81H,10-22H2,1-8H3/t23-,24?,25+,26+,27+,29?,30?,31?,32?,33?,34-,35-,36-,37?,38+,39+,40-,41-,42-,43+,44+,45-,46+,47-,48-,49-,50-,51+,52+,53-,54-,55-,56-,57+,58+,59+,60+,61-,62+,63+,64?/m1/s1. The molecule has 0 aromatic rings. The molecule has 0 aromatic carbocycles. The fourth-order valence-electron chi connectivity index (χ4n) is 18.2. The highest BCUT2D eigenvalue weighted by molar-refractivity contribution is 5.26. The van der Waals surface area contributed by atoms with Crippen LogP contribution in [0.15, 0.2) is 11.6 Å². The molecule has 4 aliphatic carbocycles. The Morgan fingerprint density at radius 2 is 1.00 bits per heavy atom. The third-order valence-electron chi connectivity index (χ3n) is 24.0. The average molecular weight is 1370 g/mol. The third kappa shape index (κ3) is 13.8. The lowest BCUT2D eigenvalue weighted by Gasteiger charge is -2.58.